The first kappa shape index (κ1) is 39.5. The zero-order valence-corrected chi connectivity index (χ0v) is 25.9. The van der Waals surface area contributed by atoms with Crippen LogP contribution < -0.4 is 20.4 Å². The van der Waals surface area contributed by atoms with Crippen LogP contribution in [0.25, 0.3) is 0 Å². The van der Waals surface area contributed by atoms with Gasteiger partial charge in [-0.1, -0.05) is 87.4 Å². The van der Waals surface area contributed by atoms with Gasteiger partial charge in [-0.2, -0.15) is 0 Å². The van der Waals surface area contributed by atoms with E-state index in [9.17, 15) is 39.6 Å². The van der Waals surface area contributed by atoms with Crippen LogP contribution in [-0.2, 0) is 32.0 Å². The number of carbonyl (C=O) groups is 4. The Morgan fingerprint density at radius 1 is 0.500 bits per heavy atom. The molecule has 0 aliphatic rings. The minimum atomic E-state index is -1.45. The summed E-state index contributed by atoms with van der Waals surface area (Å²) < 4.78 is 0. The quantitative estimate of drug-likeness (QED) is 0.221. The van der Waals surface area contributed by atoms with Gasteiger partial charge in [-0.25, -0.2) is 0 Å². The topological polar surface area (TPSA) is 161 Å². The molecule has 0 unspecified atom stereocenters. The second-order valence-corrected chi connectivity index (χ2v) is 8.60. The van der Waals surface area contributed by atoms with Crippen LogP contribution in [0, 0.1) is 0 Å². The van der Waals surface area contributed by atoms with Gasteiger partial charge in [0.1, 0.15) is 0 Å². The van der Waals surface area contributed by atoms with Gasteiger partial charge in [-0.3, -0.25) is 0 Å². The number of hydrogen-bond acceptors (Lipinski definition) is 8. The number of benzene rings is 2. The van der Waals surface area contributed by atoms with Crippen molar-refractivity contribution in [3.63, 3.8) is 0 Å². The molecule has 2 aromatic carbocycles. The SMILES string of the molecule is CCCC/C(C(=O)[O-])=C(\Cc1ccccc1)C(=O)[O-].CCCC/C(C(=O)[O-])=C(\Cc1ccccc1)C(=O)[O-].[Mg+2].[Mg+2]. The largest absolute Gasteiger partial charge is 2.00 e. The molecule has 0 radical (unpaired) electrons. The van der Waals surface area contributed by atoms with Crippen molar-refractivity contribution in [3.05, 3.63) is 94.1 Å². The second-order valence-electron chi connectivity index (χ2n) is 8.60. The van der Waals surface area contributed by atoms with E-state index in [1.807, 2.05) is 26.0 Å². The minimum absolute atomic E-state index is 0. The van der Waals surface area contributed by atoms with E-state index in [1.54, 1.807) is 48.5 Å². The summed E-state index contributed by atoms with van der Waals surface area (Å²) in [6.45, 7) is 3.81. The number of rotatable bonds is 14. The van der Waals surface area contributed by atoms with Crippen molar-refractivity contribution in [1.29, 1.82) is 0 Å². The maximum Gasteiger partial charge on any atom is 2.00 e. The molecule has 0 aromatic heterocycles. The van der Waals surface area contributed by atoms with Gasteiger partial charge in [0.25, 0.3) is 0 Å². The fourth-order valence-electron chi connectivity index (χ4n) is 3.66. The Hall–Kier alpha value is -2.67. The molecule has 40 heavy (non-hydrogen) atoms. The summed E-state index contributed by atoms with van der Waals surface area (Å²) in [4.78, 5) is 44.5. The van der Waals surface area contributed by atoms with Crippen molar-refractivity contribution in [2.45, 2.75) is 65.2 Å². The molecule has 0 atom stereocenters. The zero-order valence-electron chi connectivity index (χ0n) is 23.1. The van der Waals surface area contributed by atoms with Crippen molar-refractivity contribution in [3.8, 4) is 0 Å². The van der Waals surface area contributed by atoms with Gasteiger partial charge in [-0.15, -0.1) is 0 Å². The summed E-state index contributed by atoms with van der Waals surface area (Å²) in [7, 11) is 0. The van der Waals surface area contributed by atoms with Crippen LogP contribution in [0.2, 0.25) is 0 Å². The molecule has 0 aliphatic heterocycles. The molecule has 0 saturated heterocycles. The molecular formula is C30H32Mg2O8. The molecule has 0 fully saturated rings. The van der Waals surface area contributed by atoms with Crippen molar-refractivity contribution in [2.24, 2.45) is 0 Å². The molecule has 0 saturated carbocycles. The minimum Gasteiger partial charge on any atom is -0.545 e. The van der Waals surface area contributed by atoms with Crippen LogP contribution in [0.5, 0.6) is 0 Å². The first-order valence-electron chi connectivity index (χ1n) is 12.5. The summed E-state index contributed by atoms with van der Waals surface area (Å²) in [6, 6.07) is 17.7. The summed E-state index contributed by atoms with van der Waals surface area (Å²) in [6.07, 6.45) is 3.23. The Morgan fingerprint density at radius 2 is 0.775 bits per heavy atom. The van der Waals surface area contributed by atoms with Gasteiger partial charge >= 0.3 is 46.1 Å². The third-order valence-corrected chi connectivity index (χ3v) is 5.72. The smallest absolute Gasteiger partial charge is 0.545 e. The second kappa shape index (κ2) is 22.1. The average Bonchev–Trinajstić information content (AvgIpc) is 2.88. The Morgan fingerprint density at radius 3 is 1.00 bits per heavy atom. The molecule has 0 bridgehead atoms. The number of carboxylic acid groups (broad SMARTS) is 4. The maximum absolute atomic E-state index is 11.2. The van der Waals surface area contributed by atoms with Gasteiger partial charge in [0.05, 0.1) is 23.9 Å². The molecule has 0 heterocycles. The molecular weight excluding hydrogens is 537 g/mol. The van der Waals surface area contributed by atoms with E-state index < -0.39 is 23.9 Å². The van der Waals surface area contributed by atoms with E-state index in [4.69, 9.17) is 0 Å². The summed E-state index contributed by atoms with van der Waals surface area (Å²) in [5.74, 6) is -5.74. The van der Waals surface area contributed by atoms with E-state index in [2.05, 4.69) is 0 Å². The molecule has 10 heteroatoms. The number of carbonyl (C=O) groups excluding carboxylic acids is 4. The number of hydrogen-bond donors (Lipinski definition) is 0. The Balaban J connectivity index is 0. The molecule has 0 N–H and O–H groups in total. The standard InChI is InChI=1S/2C15H18O4.2Mg/c2*1-2-3-9-12(14(16)17)13(15(18)19)10-11-7-5-4-6-8-11;;/h2*4-8H,2-3,9-10H2,1H3,(H,16,17)(H,18,19);;/q;;2*+2/p-4/b2*13-12-;;. The van der Waals surface area contributed by atoms with Crippen LogP contribution in [0.4, 0.5) is 0 Å². The predicted octanol–water partition coefficient (Wildman–Crippen LogP) is -0.330. The molecule has 8 nitrogen and oxygen atoms in total. The van der Waals surface area contributed by atoms with Gasteiger partial charge in [0.2, 0.25) is 0 Å². The fraction of sp³-hybridized carbons (Fsp3) is 0.333. The van der Waals surface area contributed by atoms with E-state index in [-0.39, 0.29) is 94.1 Å². The van der Waals surface area contributed by atoms with Crippen molar-refractivity contribution < 1.29 is 39.6 Å². The van der Waals surface area contributed by atoms with E-state index in [0.717, 1.165) is 24.0 Å². The maximum atomic E-state index is 11.2. The van der Waals surface area contributed by atoms with Crippen LogP contribution in [-0.4, -0.2) is 70.0 Å². The molecule has 0 amide bonds. The van der Waals surface area contributed by atoms with Crippen molar-refractivity contribution >= 4 is 70.0 Å². The van der Waals surface area contributed by atoms with Gasteiger partial charge in [-0.05, 0) is 71.9 Å². The third kappa shape index (κ3) is 14.6. The Labute approximate surface area is 267 Å². The first-order chi connectivity index (χ1) is 18.1. The number of carboxylic acids is 4. The predicted molar refractivity (Wildman–Crippen MR) is 145 cm³/mol. The van der Waals surface area contributed by atoms with Crippen LogP contribution in [0.1, 0.15) is 63.5 Å². The first-order valence-corrected chi connectivity index (χ1v) is 12.5. The Bertz CT molecular complexity index is 1050. The zero-order chi connectivity index (χ0) is 28.5. The van der Waals surface area contributed by atoms with Crippen LogP contribution in [0.15, 0.2) is 83.0 Å². The number of unbranched alkanes of at least 4 members (excludes halogenated alkanes) is 2. The molecule has 2 rings (SSSR count). The molecule has 2 aromatic rings. The Kier molecular flexibility index (Phi) is 21.8. The van der Waals surface area contributed by atoms with E-state index in [1.165, 1.54) is 0 Å². The van der Waals surface area contributed by atoms with Crippen LogP contribution in [0.3, 0.4) is 0 Å². The third-order valence-electron chi connectivity index (χ3n) is 5.72. The van der Waals surface area contributed by atoms with E-state index >= 15 is 0 Å². The fourth-order valence-corrected chi connectivity index (χ4v) is 3.66. The average molecular weight is 569 g/mol. The van der Waals surface area contributed by atoms with Gasteiger partial charge in [0, 0.05) is 0 Å². The summed E-state index contributed by atoms with van der Waals surface area (Å²) in [5, 5.41) is 44.5. The van der Waals surface area contributed by atoms with Crippen molar-refractivity contribution in [1.82, 2.24) is 0 Å². The van der Waals surface area contributed by atoms with Gasteiger partial charge < -0.3 is 39.6 Å². The molecule has 0 aliphatic carbocycles. The molecule has 204 valence electrons. The molecule has 0 spiro atoms. The normalized spacial score (nSPS) is 11.2. The van der Waals surface area contributed by atoms with Gasteiger partial charge in [0.15, 0.2) is 0 Å². The summed E-state index contributed by atoms with van der Waals surface area (Å²) in [5.41, 5.74) is 0.754. The monoisotopic (exact) mass is 568 g/mol. The summed E-state index contributed by atoms with van der Waals surface area (Å²) >= 11 is 0. The number of aliphatic carboxylic acids is 4. The van der Waals surface area contributed by atoms with E-state index in [0.29, 0.717) is 12.8 Å². The van der Waals surface area contributed by atoms with Crippen molar-refractivity contribution in [2.75, 3.05) is 0 Å². The van der Waals surface area contributed by atoms with Crippen LogP contribution >= 0.6 is 0 Å².